The van der Waals surface area contributed by atoms with E-state index in [1.807, 2.05) is 0 Å². The lowest BCUT2D eigenvalue weighted by Crippen LogP contribution is -2.51. The highest BCUT2D eigenvalue weighted by Gasteiger charge is 2.36. The number of likely N-dealkylation sites (N-methyl/N-ethyl adjacent to an activating group) is 1. The standard InChI is InChI=1S/C14H28N2O3/c1-16(12-14(17)4-8-19-9-5-14)11-13(10-15)2-6-18-7-3-13/h17H,2-12,15H2,1H3. The molecule has 2 aliphatic heterocycles. The molecule has 0 atom stereocenters. The fourth-order valence-electron chi connectivity index (χ4n) is 3.27. The van der Waals surface area contributed by atoms with Crippen LogP contribution in [0.2, 0.25) is 0 Å². The van der Waals surface area contributed by atoms with Gasteiger partial charge in [0.15, 0.2) is 0 Å². The summed E-state index contributed by atoms with van der Waals surface area (Å²) in [6, 6.07) is 0. The Labute approximate surface area is 116 Å². The highest BCUT2D eigenvalue weighted by atomic mass is 16.5. The summed E-state index contributed by atoms with van der Waals surface area (Å²) in [6.45, 7) is 5.30. The van der Waals surface area contributed by atoms with Crippen molar-refractivity contribution < 1.29 is 14.6 Å². The van der Waals surface area contributed by atoms with E-state index in [0.29, 0.717) is 26.3 Å². The summed E-state index contributed by atoms with van der Waals surface area (Å²) in [5.41, 5.74) is 5.56. The molecule has 0 spiro atoms. The van der Waals surface area contributed by atoms with E-state index in [4.69, 9.17) is 15.2 Å². The number of hydrogen-bond donors (Lipinski definition) is 2. The van der Waals surface area contributed by atoms with Crippen molar-refractivity contribution in [2.45, 2.75) is 31.3 Å². The van der Waals surface area contributed by atoms with Crippen molar-refractivity contribution in [3.63, 3.8) is 0 Å². The third kappa shape index (κ3) is 4.13. The van der Waals surface area contributed by atoms with Crippen LogP contribution in [0.1, 0.15) is 25.7 Å². The highest BCUT2D eigenvalue weighted by molar-refractivity contribution is 4.89. The topological polar surface area (TPSA) is 68.0 Å². The molecule has 2 heterocycles. The van der Waals surface area contributed by atoms with Crippen LogP contribution in [0.5, 0.6) is 0 Å². The van der Waals surface area contributed by atoms with Gasteiger partial charge in [-0.3, -0.25) is 0 Å². The van der Waals surface area contributed by atoms with E-state index in [-0.39, 0.29) is 5.41 Å². The molecule has 3 N–H and O–H groups in total. The molecule has 5 heteroatoms. The number of nitrogens with two attached hydrogens (primary N) is 1. The van der Waals surface area contributed by atoms with Gasteiger partial charge in [0.05, 0.1) is 5.60 Å². The number of ether oxygens (including phenoxy) is 2. The van der Waals surface area contributed by atoms with E-state index in [1.165, 1.54) is 0 Å². The smallest absolute Gasteiger partial charge is 0.0817 e. The third-order valence-corrected chi connectivity index (χ3v) is 4.58. The van der Waals surface area contributed by atoms with Gasteiger partial charge in [0.2, 0.25) is 0 Å². The van der Waals surface area contributed by atoms with Gasteiger partial charge in [-0.1, -0.05) is 0 Å². The van der Waals surface area contributed by atoms with Crippen LogP contribution in [0.25, 0.3) is 0 Å². The number of hydrogen-bond acceptors (Lipinski definition) is 5. The third-order valence-electron chi connectivity index (χ3n) is 4.58. The highest BCUT2D eigenvalue weighted by Crippen LogP contribution is 2.31. The van der Waals surface area contributed by atoms with E-state index >= 15 is 0 Å². The summed E-state index contributed by atoms with van der Waals surface area (Å²) >= 11 is 0. The Morgan fingerprint density at radius 3 is 2.05 bits per heavy atom. The summed E-state index contributed by atoms with van der Waals surface area (Å²) in [4.78, 5) is 2.24. The predicted molar refractivity (Wildman–Crippen MR) is 74.0 cm³/mol. The molecule has 0 aromatic carbocycles. The first-order valence-electron chi connectivity index (χ1n) is 7.34. The fourth-order valence-corrected chi connectivity index (χ4v) is 3.27. The molecule has 19 heavy (non-hydrogen) atoms. The molecule has 0 aromatic rings. The molecule has 2 fully saturated rings. The van der Waals surface area contributed by atoms with Gasteiger partial charge in [-0.15, -0.1) is 0 Å². The first-order valence-corrected chi connectivity index (χ1v) is 7.34. The Morgan fingerprint density at radius 2 is 1.53 bits per heavy atom. The number of nitrogens with zero attached hydrogens (tertiary/aromatic N) is 1. The second-order valence-corrected chi connectivity index (χ2v) is 6.33. The molecule has 0 aliphatic carbocycles. The van der Waals surface area contributed by atoms with Crippen molar-refractivity contribution >= 4 is 0 Å². The second kappa shape index (κ2) is 6.50. The quantitative estimate of drug-likeness (QED) is 0.749. The van der Waals surface area contributed by atoms with Crippen LogP contribution in [0, 0.1) is 5.41 Å². The molecule has 0 aromatic heterocycles. The lowest BCUT2D eigenvalue weighted by molar-refractivity contribution is -0.0839. The zero-order valence-electron chi connectivity index (χ0n) is 12.1. The maximum absolute atomic E-state index is 10.6. The molecule has 2 rings (SSSR count). The Kier molecular flexibility index (Phi) is 5.20. The molecule has 5 nitrogen and oxygen atoms in total. The minimum atomic E-state index is -0.589. The van der Waals surface area contributed by atoms with Crippen LogP contribution in [0.3, 0.4) is 0 Å². The van der Waals surface area contributed by atoms with Crippen molar-refractivity contribution in [3.05, 3.63) is 0 Å². The molecule has 2 aliphatic rings. The maximum Gasteiger partial charge on any atom is 0.0817 e. The zero-order chi connectivity index (χ0) is 13.8. The largest absolute Gasteiger partial charge is 0.388 e. The number of rotatable bonds is 5. The molecule has 0 bridgehead atoms. The molecular weight excluding hydrogens is 244 g/mol. The summed E-state index contributed by atoms with van der Waals surface area (Å²) in [6.07, 6.45) is 3.51. The van der Waals surface area contributed by atoms with Gasteiger partial charge >= 0.3 is 0 Å². The van der Waals surface area contributed by atoms with Crippen molar-refractivity contribution in [2.24, 2.45) is 11.1 Å². The van der Waals surface area contributed by atoms with Crippen molar-refractivity contribution in [2.75, 3.05) is 53.1 Å². The van der Waals surface area contributed by atoms with E-state index in [2.05, 4.69) is 11.9 Å². The van der Waals surface area contributed by atoms with Gasteiger partial charge in [0.1, 0.15) is 0 Å². The van der Waals surface area contributed by atoms with Gasteiger partial charge in [0, 0.05) is 52.4 Å². The Hall–Kier alpha value is -0.200. The summed E-state index contributed by atoms with van der Waals surface area (Å²) in [7, 11) is 2.08. The van der Waals surface area contributed by atoms with Gasteiger partial charge in [-0.05, 0) is 31.8 Å². The maximum atomic E-state index is 10.6. The van der Waals surface area contributed by atoms with E-state index in [0.717, 1.165) is 45.4 Å². The van der Waals surface area contributed by atoms with Crippen LogP contribution in [-0.2, 0) is 9.47 Å². The van der Waals surface area contributed by atoms with Crippen molar-refractivity contribution in [3.8, 4) is 0 Å². The fraction of sp³-hybridized carbons (Fsp3) is 1.00. The predicted octanol–water partition coefficient (Wildman–Crippen LogP) is 0.215. The molecule has 0 saturated carbocycles. The van der Waals surface area contributed by atoms with Crippen molar-refractivity contribution in [1.29, 1.82) is 0 Å². The molecule has 112 valence electrons. The summed E-state index contributed by atoms with van der Waals surface area (Å²) in [5, 5.41) is 10.6. The van der Waals surface area contributed by atoms with Gasteiger partial charge in [0.25, 0.3) is 0 Å². The van der Waals surface area contributed by atoms with E-state index in [1.54, 1.807) is 0 Å². The lowest BCUT2D eigenvalue weighted by atomic mass is 9.79. The van der Waals surface area contributed by atoms with Crippen molar-refractivity contribution in [1.82, 2.24) is 4.90 Å². The first-order chi connectivity index (χ1) is 9.08. The van der Waals surface area contributed by atoms with Crippen LogP contribution in [-0.4, -0.2) is 68.7 Å². The minimum Gasteiger partial charge on any atom is -0.388 e. The Bertz CT molecular complexity index is 274. The Morgan fingerprint density at radius 1 is 1.00 bits per heavy atom. The monoisotopic (exact) mass is 272 g/mol. The summed E-state index contributed by atoms with van der Waals surface area (Å²) in [5.74, 6) is 0. The van der Waals surface area contributed by atoms with Crippen LogP contribution in [0.15, 0.2) is 0 Å². The van der Waals surface area contributed by atoms with Crippen LogP contribution < -0.4 is 5.73 Å². The Balaban J connectivity index is 1.86. The van der Waals surface area contributed by atoms with Gasteiger partial charge < -0.3 is 25.2 Å². The molecular formula is C14H28N2O3. The molecule has 2 saturated heterocycles. The van der Waals surface area contributed by atoms with Crippen LogP contribution >= 0.6 is 0 Å². The van der Waals surface area contributed by atoms with Gasteiger partial charge in [-0.2, -0.15) is 0 Å². The normalized spacial score (nSPS) is 26.5. The average molecular weight is 272 g/mol. The molecule has 0 radical (unpaired) electrons. The average Bonchev–Trinajstić information content (AvgIpc) is 2.39. The number of aliphatic hydroxyl groups is 1. The van der Waals surface area contributed by atoms with Crippen LogP contribution in [0.4, 0.5) is 0 Å². The minimum absolute atomic E-state index is 0.161. The van der Waals surface area contributed by atoms with Gasteiger partial charge in [-0.25, -0.2) is 0 Å². The lowest BCUT2D eigenvalue weighted by Gasteiger charge is -2.42. The molecule has 0 amide bonds. The summed E-state index contributed by atoms with van der Waals surface area (Å²) < 4.78 is 10.8. The zero-order valence-corrected chi connectivity index (χ0v) is 12.1. The SMILES string of the molecule is CN(CC1(O)CCOCC1)CC1(CN)CCOCC1. The van der Waals surface area contributed by atoms with E-state index < -0.39 is 5.60 Å². The first kappa shape index (κ1) is 15.2. The molecule has 0 unspecified atom stereocenters. The second-order valence-electron chi connectivity index (χ2n) is 6.33. The van der Waals surface area contributed by atoms with E-state index in [9.17, 15) is 5.11 Å².